The highest BCUT2D eigenvalue weighted by Crippen LogP contribution is 2.64. The number of rotatable bonds is 3. The second kappa shape index (κ2) is 6.80. The van der Waals surface area contributed by atoms with E-state index in [-0.39, 0.29) is 5.41 Å². The summed E-state index contributed by atoms with van der Waals surface area (Å²) in [6, 6.07) is 0. The summed E-state index contributed by atoms with van der Waals surface area (Å²) in [5, 5.41) is 10.6. The average molecular weight is 388 g/mol. The first-order chi connectivity index (χ1) is 13.3. The van der Waals surface area contributed by atoms with Crippen molar-refractivity contribution in [3.63, 3.8) is 0 Å². The number of nitrogens with zero attached hydrogens (tertiary/aromatic N) is 1. The summed E-state index contributed by atoms with van der Waals surface area (Å²) in [6.07, 6.45) is 11.0. The summed E-state index contributed by atoms with van der Waals surface area (Å²) in [6.45, 7) is 9.78. The first-order valence-electron chi connectivity index (χ1n) is 12.2. The molecule has 0 aromatic heterocycles. The predicted octanol–water partition coefficient (Wildman–Crippen LogP) is 4.53. The molecule has 28 heavy (non-hydrogen) atoms. The van der Waals surface area contributed by atoms with Gasteiger partial charge in [0, 0.05) is 19.0 Å². The molecule has 5 fully saturated rings. The lowest BCUT2D eigenvalue weighted by atomic mass is 9.49. The highest BCUT2D eigenvalue weighted by Gasteiger charge is 2.58. The molecule has 1 heterocycles. The third-order valence-electron chi connectivity index (χ3n) is 10.1. The smallest absolute Gasteiger partial charge is 0.150 e. The summed E-state index contributed by atoms with van der Waals surface area (Å²) >= 11 is 0. The highest BCUT2D eigenvalue weighted by atomic mass is 16.3. The van der Waals surface area contributed by atoms with E-state index in [1.165, 1.54) is 38.5 Å². The first-order valence-corrected chi connectivity index (χ1v) is 12.2. The van der Waals surface area contributed by atoms with E-state index in [1.54, 1.807) is 0 Å². The van der Waals surface area contributed by atoms with E-state index in [0.29, 0.717) is 18.2 Å². The van der Waals surface area contributed by atoms with Gasteiger partial charge in [-0.05, 0) is 106 Å². The van der Waals surface area contributed by atoms with Crippen LogP contribution in [0.3, 0.4) is 0 Å². The molecule has 8 atom stereocenters. The van der Waals surface area contributed by atoms with Crippen LogP contribution in [0, 0.1) is 46.8 Å². The average Bonchev–Trinajstić information content (AvgIpc) is 2.96. The van der Waals surface area contributed by atoms with E-state index in [4.69, 9.17) is 0 Å². The summed E-state index contributed by atoms with van der Waals surface area (Å²) in [7, 11) is 0. The van der Waals surface area contributed by atoms with Crippen molar-refractivity contribution < 1.29 is 9.90 Å². The lowest BCUT2D eigenvalue weighted by Crippen LogP contribution is -2.52. The minimum Gasteiger partial charge on any atom is -0.390 e. The molecule has 0 unspecified atom stereocenters. The molecule has 5 aliphatic rings. The van der Waals surface area contributed by atoms with Gasteiger partial charge in [0.2, 0.25) is 0 Å². The Kier molecular flexibility index (Phi) is 4.75. The Morgan fingerprint density at radius 3 is 2.46 bits per heavy atom. The number of hydrogen-bond donors (Lipinski definition) is 1. The quantitative estimate of drug-likeness (QED) is 0.773. The third kappa shape index (κ3) is 3.11. The van der Waals surface area contributed by atoms with Crippen molar-refractivity contribution in [1.29, 1.82) is 0 Å². The summed E-state index contributed by atoms with van der Waals surface area (Å²) < 4.78 is 0. The summed E-state index contributed by atoms with van der Waals surface area (Å²) in [4.78, 5) is 15.6. The van der Waals surface area contributed by atoms with Crippen LogP contribution in [0.25, 0.3) is 0 Å². The molecule has 0 aromatic carbocycles. The second-order valence-electron chi connectivity index (χ2n) is 12.1. The van der Waals surface area contributed by atoms with Gasteiger partial charge in [0.05, 0.1) is 12.1 Å². The molecule has 4 aliphatic carbocycles. The molecular weight excluding hydrogens is 346 g/mol. The number of likely N-dealkylation sites (tertiary alicyclic amines) is 1. The molecular formula is C25H41NO2. The van der Waals surface area contributed by atoms with E-state index in [2.05, 4.69) is 25.7 Å². The van der Waals surface area contributed by atoms with E-state index in [9.17, 15) is 9.90 Å². The second-order valence-corrected chi connectivity index (χ2v) is 12.1. The summed E-state index contributed by atoms with van der Waals surface area (Å²) in [5.41, 5.74) is -0.155. The van der Waals surface area contributed by atoms with Crippen LogP contribution in [-0.4, -0.2) is 41.0 Å². The predicted molar refractivity (Wildman–Crippen MR) is 112 cm³/mol. The Morgan fingerprint density at radius 2 is 1.71 bits per heavy atom. The number of Topliss-reactive ketones (excluding diaryl/α,β-unsaturated/α-hetero) is 1. The van der Waals surface area contributed by atoms with Crippen molar-refractivity contribution in [2.45, 2.75) is 84.2 Å². The zero-order chi connectivity index (χ0) is 19.7. The van der Waals surface area contributed by atoms with Crippen molar-refractivity contribution in [3.05, 3.63) is 0 Å². The molecule has 0 bridgehead atoms. The van der Waals surface area contributed by atoms with Crippen LogP contribution in [0.2, 0.25) is 0 Å². The fourth-order valence-electron chi connectivity index (χ4n) is 8.90. The van der Waals surface area contributed by atoms with Crippen molar-refractivity contribution in [2.75, 3.05) is 19.6 Å². The molecule has 5 rings (SSSR count). The van der Waals surface area contributed by atoms with Gasteiger partial charge < -0.3 is 5.11 Å². The Bertz CT molecular complexity index is 624. The Labute approximate surface area is 171 Å². The van der Waals surface area contributed by atoms with Gasteiger partial charge in [0.25, 0.3) is 0 Å². The molecule has 1 aliphatic heterocycles. The zero-order valence-corrected chi connectivity index (χ0v) is 18.3. The first kappa shape index (κ1) is 19.5. The number of carbonyl (C=O) groups is 1. The maximum absolute atomic E-state index is 13.2. The van der Waals surface area contributed by atoms with Crippen LogP contribution < -0.4 is 0 Å². The maximum atomic E-state index is 13.2. The Hall–Kier alpha value is -0.410. The largest absolute Gasteiger partial charge is 0.390 e. The molecule has 4 saturated carbocycles. The fraction of sp³-hybridized carbons (Fsp3) is 0.960. The van der Waals surface area contributed by atoms with Crippen molar-refractivity contribution in [3.8, 4) is 0 Å². The molecule has 0 amide bonds. The van der Waals surface area contributed by atoms with E-state index < -0.39 is 5.60 Å². The number of ketones is 1. The van der Waals surface area contributed by atoms with Crippen LogP contribution in [-0.2, 0) is 4.79 Å². The molecule has 1 saturated heterocycles. The molecule has 0 aromatic rings. The Morgan fingerprint density at radius 1 is 0.964 bits per heavy atom. The van der Waals surface area contributed by atoms with E-state index in [0.717, 1.165) is 67.9 Å². The van der Waals surface area contributed by atoms with E-state index in [1.807, 2.05) is 0 Å². The normalized spacial score (nSPS) is 51.7. The van der Waals surface area contributed by atoms with Gasteiger partial charge >= 0.3 is 0 Å². The van der Waals surface area contributed by atoms with Gasteiger partial charge in [0.1, 0.15) is 5.78 Å². The van der Waals surface area contributed by atoms with E-state index >= 15 is 0 Å². The standard InChI is InChI=1S/C25H41NO2/c1-16-13-26(14-16)15-23(27)22-7-6-21-20-5-4-17-12-24(2,28)10-8-18(17)19(20)9-11-25(21,22)3/h16-22,28H,4-15H2,1-3H3/t17-,18-,19+,20+,21-,22+,24+,25-/m0/s1. The minimum atomic E-state index is -0.420. The van der Waals surface area contributed by atoms with Crippen molar-refractivity contribution in [1.82, 2.24) is 4.90 Å². The monoisotopic (exact) mass is 387 g/mol. The fourth-order valence-corrected chi connectivity index (χ4v) is 8.90. The van der Waals surface area contributed by atoms with Crippen molar-refractivity contribution in [2.24, 2.45) is 46.8 Å². The van der Waals surface area contributed by atoms with Crippen LogP contribution in [0.5, 0.6) is 0 Å². The van der Waals surface area contributed by atoms with Crippen LogP contribution in [0.1, 0.15) is 78.6 Å². The van der Waals surface area contributed by atoms with Crippen LogP contribution in [0.15, 0.2) is 0 Å². The maximum Gasteiger partial charge on any atom is 0.150 e. The zero-order valence-electron chi connectivity index (χ0n) is 18.3. The number of carbonyl (C=O) groups excluding carboxylic acids is 1. The lowest BCUT2D eigenvalue weighted by Gasteiger charge is -2.57. The lowest BCUT2D eigenvalue weighted by molar-refractivity contribution is -0.134. The van der Waals surface area contributed by atoms with Gasteiger partial charge in [-0.3, -0.25) is 9.69 Å². The topological polar surface area (TPSA) is 40.5 Å². The van der Waals surface area contributed by atoms with Crippen molar-refractivity contribution >= 4 is 5.78 Å². The van der Waals surface area contributed by atoms with Crippen LogP contribution in [0.4, 0.5) is 0 Å². The minimum absolute atomic E-state index is 0.266. The highest BCUT2D eigenvalue weighted by molar-refractivity contribution is 5.84. The molecule has 3 heteroatoms. The van der Waals surface area contributed by atoms with Crippen LogP contribution >= 0.6 is 0 Å². The van der Waals surface area contributed by atoms with Gasteiger partial charge in [-0.15, -0.1) is 0 Å². The van der Waals surface area contributed by atoms with Gasteiger partial charge in [0.15, 0.2) is 0 Å². The molecule has 0 radical (unpaired) electrons. The van der Waals surface area contributed by atoms with Gasteiger partial charge in [-0.2, -0.15) is 0 Å². The molecule has 0 spiro atoms. The number of fused-ring (bicyclic) bond motifs is 5. The molecule has 3 nitrogen and oxygen atoms in total. The number of hydrogen-bond acceptors (Lipinski definition) is 3. The molecule has 1 N–H and O–H groups in total. The SMILES string of the molecule is CC1CN(CC(=O)[C@H]2CC[C@H]3[C@@H]4CC[C@H]5C[C@](C)(O)CC[C@@H]5[C@H]4CC[C@]23C)C1. The Balaban J connectivity index is 1.28. The summed E-state index contributed by atoms with van der Waals surface area (Å²) in [5.74, 6) is 5.75. The number of aliphatic hydroxyl groups is 1. The third-order valence-corrected chi connectivity index (χ3v) is 10.1. The van der Waals surface area contributed by atoms with Gasteiger partial charge in [-0.1, -0.05) is 13.8 Å². The van der Waals surface area contributed by atoms with Gasteiger partial charge in [-0.25, -0.2) is 0 Å². The molecule has 158 valence electrons.